The molecule has 0 fully saturated rings. The Morgan fingerprint density at radius 3 is 2.79 bits per heavy atom. The monoisotopic (exact) mass is 225 g/mol. The van der Waals surface area contributed by atoms with E-state index >= 15 is 0 Å². The van der Waals surface area contributed by atoms with Crippen LogP contribution in [0, 0.1) is 6.92 Å². The number of halogens is 2. The lowest BCUT2D eigenvalue weighted by molar-refractivity contribution is 1.21. The topological polar surface area (TPSA) is 25.8 Å². The van der Waals surface area contributed by atoms with Gasteiger partial charge in [-0.1, -0.05) is 23.2 Å². The van der Waals surface area contributed by atoms with Gasteiger partial charge in [-0.25, -0.2) is 4.98 Å². The number of fused-ring (bicyclic) bond motifs is 1. The molecule has 2 nitrogen and oxygen atoms in total. The number of rotatable bonds is 1. The van der Waals surface area contributed by atoms with Gasteiger partial charge in [0, 0.05) is 6.20 Å². The SMILES string of the molecule is [CH2]Cc1cnc2ccc(Cl)nc2c1Cl. The molecule has 0 N–H and O–H groups in total. The summed E-state index contributed by atoms with van der Waals surface area (Å²) in [5, 5.41) is 1.01. The van der Waals surface area contributed by atoms with Crippen LogP contribution in [0.15, 0.2) is 18.3 Å². The first-order valence-electron chi connectivity index (χ1n) is 4.11. The summed E-state index contributed by atoms with van der Waals surface area (Å²) in [4.78, 5) is 8.34. The highest BCUT2D eigenvalue weighted by Gasteiger charge is 2.06. The van der Waals surface area contributed by atoms with E-state index in [4.69, 9.17) is 23.2 Å². The van der Waals surface area contributed by atoms with E-state index in [0.717, 1.165) is 11.1 Å². The van der Waals surface area contributed by atoms with Crippen molar-refractivity contribution in [3.63, 3.8) is 0 Å². The van der Waals surface area contributed by atoms with E-state index in [2.05, 4.69) is 16.9 Å². The van der Waals surface area contributed by atoms with Crippen molar-refractivity contribution in [2.45, 2.75) is 6.42 Å². The molecule has 0 aliphatic rings. The summed E-state index contributed by atoms with van der Waals surface area (Å²) in [7, 11) is 0. The number of pyridine rings is 2. The van der Waals surface area contributed by atoms with Crippen molar-refractivity contribution in [3.05, 3.63) is 41.0 Å². The number of nitrogens with zero attached hydrogens (tertiary/aromatic N) is 2. The zero-order valence-electron chi connectivity index (χ0n) is 7.30. The van der Waals surface area contributed by atoms with Crippen LogP contribution >= 0.6 is 23.2 Å². The summed E-state index contributed by atoms with van der Waals surface area (Å²) in [6.07, 6.45) is 2.31. The second kappa shape index (κ2) is 3.71. The quantitative estimate of drug-likeness (QED) is 0.697. The van der Waals surface area contributed by atoms with Gasteiger partial charge >= 0.3 is 0 Å². The molecule has 2 aromatic heterocycles. The van der Waals surface area contributed by atoms with E-state index < -0.39 is 0 Å². The molecule has 2 aromatic rings. The first kappa shape index (κ1) is 9.69. The molecule has 0 bridgehead atoms. The van der Waals surface area contributed by atoms with Crippen molar-refractivity contribution in [3.8, 4) is 0 Å². The minimum absolute atomic E-state index is 0.419. The maximum Gasteiger partial charge on any atom is 0.129 e. The highest BCUT2D eigenvalue weighted by Crippen LogP contribution is 2.25. The standard InChI is InChI=1S/C10H7Cl2N2/c1-2-6-5-13-7-3-4-8(11)14-10(7)9(6)12/h3-5H,1-2H2. The molecule has 0 saturated heterocycles. The highest BCUT2D eigenvalue weighted by atomic mass is 35.5. The van der Waals surface area contributed by atoms with E-state index in [-0.39, 0.29) is 0 Å². The second-order valence-electron chi connectivity index (χ2n) is 2.85. The smallest absolute Gasteiger partial charge is 0.129 e. The van der Waals surface area contributed by atoms with Gasteiger partial charge in [-0.2, -0.15) is 0 Å². The molecule has 14 heavy (non-hydrogen) atoms. The van der Waals surface area contributed by atoms with Crippen molar-refractivity contribution in [1.82, 2.24) is 9.97 Å². The molecule has 0 unspecified atom stereocenters. The van der Waals surface area contributed by atoms with E-state index in [0.29, 0.717) is 22.1 Å². The van der Waals surface area contributed by atoms with E-state index in [1.165, 1.54) is 0 Å². The molecule has 0 aliphatic carbocycles. The van der Waals surface area contributed by atoms with Crippen LogP contribution in [0.4, 0.5) is 0 Å². The Morgan fingerprint density at radius 2 is 2.07 bits per heavy atom. The predicted molar refractivity (Wildman–Crippen MR) is 58.6 cm³/mol. The van der Waals surface area contributed by atoms with Gasteiger partial charge in [0.15, 0.2) is 0 Å². The summed E-state index contributed by atoms with van der Waals surface area (Å²) in [6, 6.07) is 3.49. The Hall–Kier alpha value is -0.860. The van der Waals surface area contributed by atoms with Gasteiger partial charge in [-0.15, -0.1) is 0 Å². The molecule has 0 spiro atoms. The van der Waals surface area contributed by atoms with Gasteiger partial charge in [0.2, 0.25) is 0 Å². The fraction of sp³-hybridized carbons (Fsp3) is 0.100. The van der Waals surface area contributed by atoms with Crippen LogP contribution in [0.3, 0.4) is 0 Å². The first-order chi connectivity index (χ1) is 6.72. The normalized spacial score (nSPS) is 10.8. The third kappa shape index (κ3) is 1.56. The summed E-state index contributed by atoms with van der Waals surface area (Å²) in [5.41, 5.74) is 2.27. The average Bonchev–Trinajstić information content (AvgIpc) is 2.20. The molecule has 4 heteroatoms. The molecule has 0 saturated carbocycles. The van der Waals surface area contributed by atoms with Crippen molar-refractivity contribution in [2.75, 3.05) is 0 Å². The predicted octanol–water partition coefficient (Wildman–Crippen LogP) is 3.31. The van der Waals surface area contributed by atoms with Gasteiger partial charge in [-0.3, -0.25) is 4.98 Å². The van der Waals surface area contributed by atoms with Gasteiger partial charge in [0.05, 0.1) is 10.5 Å². The van der Waals surface area contributed by atoms with E-state index in [1.54, 1.807) is 18.3 Å². The number of hydrogen-bond donors (Lipinski definition) is 0. The first-order valence-corrected chi connectivity index (χ1v) is 4.87. The third-order valence-corrected chi connectivity index (χ3v) is 2.59. The minimum atomic E-state index is 0.419. The molecule has 71 valence electrons. The Bertz CT molecular complexity index is 483. The lowest BCUT2D eigenvalue weighted by Crippen LogP contribution is -1.90. The molecule has 1 radical (unpaired) electrons. The summed E-state index contributed by atoms with van der Waals surface area (Å²) < 4.78 is 0. The van der Waals surface area contributed by atoms with Crippen LogP contribution in [0.5, 0.6) is 0 Å². The lowest BCUT2D eigenvalue weighted by atomic mass is 10.2. The molecule has 0 aliphatic heterocycles. The average molecular weight is 226 g/mol. The Labute approximate surface area is 91.9 Å². The van der Waals surface area contributed by atoms with Crippen molar-refractivity contribution >= 4 is 34.2 Å². The lowest BCUT2D eigenvalue weighted by Gasteiger charge is -2.03. The molecular formula is C10H7Cl2N2. The van der Waals surface area contributed by atoms with Gasteiger partial charge in [0.1, 0.15) is 10.7 Å². The van der Waals surface area contributed by atoms with Crippen LogP contribution in [-0.2, 0) is 6.42 Å². The Balaban J connectivity index is 2.79. The number of aromatic nitrogens is 2. The largest absolute Gasteiger partial charge is 0.254 e. The summed E-state index contributed by atoms with van der Waals surface area (Å²) in [6.45, 7) is 3.76. The molecule has 2 heterocycles. The maximum atomic E-state index is 6.11. The van der Waals surface area contributed by atoms with Crippen LogP contribution in [0.2, 0.25) is 10.2 Å². The van der Waals surface area contributed by atoms with Crippen molar-refractivity contribution in [2.24, 2.45) is 0 Å². The van der Waals surface area contributed by atoms with Crippen molar-refractivity contribution < 1.29 is 0 Å². The van der Waals surface area contributed by atoms with Gasteiger partial charge < -0.3 is 0 Å². The molecule has 2 rings (SSSR count). The Morgan fingerprint density at radius 1 is 1.29 bits per heavy atom. The maximum absolute atomic E-state index is 6.11. The number of hydrogen-bond acceptors (Lipinski definition) is 2. The highest BCUT2D eigenvalue weighted by molar-refractivity contribution is 6.36. The summed E-state index contributed by atoms with van der Waals surface area (Å²) >= 11 is 11.9. The zero-order valence-corrected chi connectivity index (χ0v) is 8.81. The summed E-state index contributed by atoms with van der Waals surface area (Å²) in [5.74, 6) is 0. The van der Waals surface area contributed by atoms with Crippen LogP contribution < -0.4 is 0 Å². The van der Waals surface area contributed by atoms with Crippen LogP contribution in [0.1, 0.15) is 5.56 Å². The van der Waals surface area contributed by atoms with Gasteiger partial charge in [-0.05, 0) is 31.0 Å². The minimum Gasteiger partial charge on any atom is -0.254 e. The van der Waals surface area contributed by atoms with Crippen LogP contribution in [-0.4, -0.2) is 9.97 Å². The van der Waals surface area contributed by atoms with Gasteiger partial charge in [0.25, 0.3) is 0 Å². The molecular weight excluding hydrogens is 219 g/mol. The van der Waals surface area contributed by atoms with Crippen molar-refractivity contribution in [1.29, 1.82) is 0 Å². The fourth-order valence-electron chi connectivity index (χ4n) is 1.22. The third-order valence-electron chi connectivity index (χ3n) is 1.96. The Kier molecular flexibility index (Phi) is 2.57. The van der Waals surface area contributed by atoms with E-state index in [9.17, 15) is 0 Å². The fourth-order valence-corrected chi connectivity index (χ4v) is 1.65. The second-order valence-corrected chi connectivity index (χ2v) is 3.61. The molecule has 0 aromatic carbocycles. The van der Waals surface area contributed by atoms with Crippen LogP contribution in [0.25, 0.3) is 11.0 Å². The molecule has 0 amide bonds. The van der Waals surface area contributed by atoms with E-state index in [1.807, 2.05) is 0 Å². The molecule has 0 atom stereocenters. The zero-order chi connectivity index (χ0) is 10.1.